The maximum atomic E-state index is 12.4. The molecule has 1 aromatic carbocycles. The monoisotopic (exact) mass is 359 g/mol. The molecule has 146 valence electrons. The van der Waals surface area contributed by atoms with E-state index in [2.05, 4.69) is 53.7 Å². The van der Waals surface area contributed by atoms with Gasteiger partial charge in [0, 0.05) is 18.5 Å². The Kier molecular flexibility index (Phi) is 7.64. The molecule has 1 aromatic rings. The summed E-state index contributed by atoms with van der Waals surface area (Å²) < 4.78 is 5.90. The van der Waals surface area contributed by atoms with Crippen molar-refractivity contribution < 1.29 is 9.53 Å². The van der Waals surface area contributed by atoms with E-state index in [1.54, 1.807) is 6.08 Å². The molecular weight excluding hydrogens is 322 g/mol. The van der Waals surface area contributed by atoms with Gasteiger partial charge in [0.1, 0.15) is 5.75 Å². The molecule has 0 saturated carbocycles. The highest BCUT2D eigenvalue weighted by atomic mass is 16.5. The van der Waals surface area contributed by atoms with Crippen molar-refractivity contribution in [3.05, 3.63) is 41.0 Å². The van der Waals surface area contributed by atoms with Crippen LogP contribution in [0.3, 0.4) is 0 Å². The molecule has 0 N–H and O–H groups in total. The van der Waals surface area contributed by atoms with E-state index in [4.69, 9.17) is 4.74 Å². The van der Waals surface area contributed by atoms with Gasteiger partial charge in [-0.25, -0.2) is 0 Å². The summed E-state index contributed by atoms with van der Waals surface area (Å²) in [6.45, 7) is 16.7. The van der Waals surface area contributed by atoms with Gasteiger partial charge in [0.05, 0.1) is 6.61 Å². The Morgan fingerprint density at radius 3 is 2.04 bits per heavy atom. The zero-order chi connectivity index (χ0) is 20.1. The first-order valence-electron chi connectivity index (χ1n) is 9.51. The highest BCUT2D eigenvalue weighted by Gasteiger charge is 2.27. The normalized spacial score (nSPS) is 12.8. The highest BCUT2D eigenvalue weighted by Crippen LogP contribution is 2.38. The number of rotatable bonds is 7. The van der Waals surface area contributed by atoms with Gasteiger partial charge in [0.25, 0.3) is 0 Å². The minimum atomic E-state index is 0.00587. The molecule has 0 unspecified atom stereocenters. The summed E-state index contributed by atoms with van der Waals surface area (Å²) >= 11 is 0. The van der Waals surface area contributed by atoms with Gasteiger partial charge in [-0.05, 0) is 55.1 Å². The number of carbonyl (C=O) groups excluding carboxylic acids is 1. The first kappa shape index (κ1) is 22.4. The second-order valence-corrected chi connectivity index (χ2v) is 9.25. The molecule has 0 heterocycles. The van der Waals surface area contributed by atoms with Crippen molar-refractivity contribution >= 4 is 5.78 Å². The van der Waals surface area contributed by atoms with Crippen LogP contribution < -0.4 is 4.74 Å². The molecule has 0 aliphatic carbocycles. The van der Waals surface area contributed by atoms with E-state index in [-0.39, 0.29) is 16.6 Å². The van der Waals surface area contributed by atoms with Crippen LogP contribution in [-0.2, 0) is 22.0 Å². The van der Waals surface area contributed by atoms with Crippen LogP contribution in [0.5, 0.6) is 5.75 Å². The van der Waals surface area contributed by atoms with E-state index in [0.717, 1.165) is 17.9 Å². The van der Waals surface area contributed by atoms with Crippen LogP contribution in [0.25, 0.3) is 0 Å². The van der Waals surface area contributed by atoms with Crippen molar-refractivity contribution in [2.45, 2.75) is 65.7 Å². The van der Waals surface area contributed by atoms with Crippen LogP contribution in [0.4, 0.5) is 0 Å². The lowest BCUT2D eigenvalue weighted by atomic mass is 9.74. The van der Waals surface area contributed by atoms with Crippen molar-refractivity contribution in [1.82, 2.24) is 4.90 Å². The van der Waals surface area contributed by atoms with Gasteiger partial charge in [-0.1, -0.05) is 53.7 Å². The summed E-state index contributed by atoms with van der Waals surface area (Å²) in [6, 6.07) is 4.33. The van der Waals surface area contributed by atoms with Gasteiger partial charge >= 0.3 is 0 Å². The number of likely N-dealkylation sites (N-methyl/N-ethyl adjacent to an activating group) is 1. The number of carbonyl (C=O) groups is 1. The standard InChI is InChI=1S/C23H37NO2/c1-10-26-21-16-20(23(5,6)7)19(22(2,3)4)15-17(21)14-18(25)12-11-13-24(8)9/h11-12,15-16H,10,13-14H2,1-9H3/b12-11+. The van der Waals surface area contributed by atoms with Crippen LogP contribution in [-0.4, -0.2) is 37.9 Å². The van der Waals surface area contributed by atoms with Crippen LogP contribution in [0.15, 0.2) is 24.3 Å². The summed E-state index contributed by atoms with van der Waals surface area (Å²) in [4.78, 5) is 14.5. The Labute approximate surface area is 160 Å². The van der Waals surface area contributed by atoms with Crippen molar-refractivity contribution in [3.8, 4) is 5.75 Å². The minimum absolute atomic E-state index is 0.00587. The molecule has 0 aromatic heterocycles. The lowest BCUT2D eigenvalue weighted by molar-refractivity contribution is -0.114. The van der Waals surface area contributed by atoms with Crippen molar-refractivity contribution in [2.24, 2.45) is 0 Å². The molecule has 0 radical (unpaired) electrons. The molecule has 0 aliphatic heterocycles. The number of benzene rings is 1. The van der Waals surface area contributed by atoms with Gasteiger partial charge in [0.15, 0.2) is 5.78 Å². The van der Waals surface area contributed by atoms with E-state index in [1.165, 1.54) is 11.1 Å². The lowest BCUT2D eigenvalue weighted by Gasteiger charge is -2.31. The number of hydrogen-bond acceptors (Lipinski definition) is 3. The maximum Gasteiger partial charge on any atom is 0.159 e. The SMILES string of the molecule is CCOc1cc(C(C)(C)C)c(C(C)(C)C)cc1CC(=O)/C=C/CN(C)C. The summed E-state index contributed by atoms with van der Waals surface area (Å²) in [6.07, 6.45) is 3.97. The average molecular weight is 360 g/mol. The third kappa shape index (κ3) is 6.60. The molecule has 0 saturated heterocycles. The zero-order valence-corrected chi connectivity index (χ0v) is 18.2. The minimum Gasteiger partial charge on any atom is -0.494 e. The number of hydrogen-bond donors (Lipinski definition) is 0. The summed E-state index contributed by atoms with van der Waals surface area (Å²) in [5.41, 5.74) is 3.57. The first-order valence-corrected chi connectivity index (χ1v) is 9.51. The van der Waals surface area contributed by atoms with Gasteiger partial charge in [0.2, 0.25) is 0 Å². The molecule has 1 rings (SSSR count). The number of allylic oxidation sites excluding steroid dienone is 1. The number of nitrogens with zero attached hydrogens (tertiary/aromatic N) is 1. The number of ether oxygens (including phenoxy) is 1. The van der Waals surface area contributed by atoms with Gasteiger partial charge in [-0.15, -0.1) is 0 Å². The van der Waals surface area contributed by atoms with Crippen LogP contribution in [0.1, 0.15) is 65.2 Å². The third-order valence-electron chi connectivity index (χ3n) is 4.26. The Hall–Kier alpha value is -1.61. The van der Waals surface area contributed by atoms with E-state index >= 15 is 0 Å². The second kappa shape index (κ2) is 8.85. The third-order valence-corrected chi connectivity index (χ3v) is 4.26. The van der Waals surface area contributed by atoms with Crippen molar-refractivity contribution in [3.63, 3.8) is 0 Å². The summed E-state index contributed by atoms with van der Waals surface area (Å²) in [5.74, 6) is 0.941. The molecule has 0 aliphatic rings. The molecule has 0 spiro atoms. The van der Waals surface area contributed by atoms with E-state index in [0.29, 0.717) is 13.0 Å². The molecule has 3 nitrogen and oxygen atoms in total. The Morgan fingerprint density at radius 2 is 1.58 bits per heavy atom. The zero-order valence-electron chi connectivity index (χ0n) is 18.2. The molecular formula is C23H37NO2. The fourth-order valence-electron chi connectivity index (χ4n) is 2.94. The highest BCUT2D eigenvalue weighted by molar-refractivity contribution is 5.91. The van der Waals surface area contributed by atoms with Crippen LogP contribution in [0, 0.1) is 0 Å². The van der Waals surface area contributed by atoms with Gasteiger partial charge < -0.3 is 9.64 Å². The molecule has 0 amide bonds. The maximum absolute atomic E-state index is 12.4. The van der Waals surface area contributed by atoms with E-state index < -0.39 is 0 Å². The topological polar surface area (TPSA) is 29.5 Å². The summed E-state index contributed by atoms with van der Waals surface area (Å²) in [5, 5.41) is 0. The smallest absolute Gasteiger partial charge is 0.159 e. The van der Waals surface area contributed by atoms with Crippen molar-refractivity contribution in [2.75, 3.05) is 27.2 Å². The molecule has 3 heteroatoms. The Bertz CT molecular complexity index is 643. The predicted molar refractivity (Wildman–Crippen MR) is 111 cm³/mol. The van der Waals surface area contributed by atoms with E-state index in [9.17, 15) is 4.79 Å². The first-order chi connectivity index (χ1) is 11.9. The Morgan fingerprint density at radius 1 is 1.04 bits per heavy atom. The predicted octanol–water partition coefficient (Wildman–Crippen LogP) is 4.91. The van der Waals surface area contributed by atoms with Crippen molar-refractivity contribution in [1.29, 1.82) is 0 Å². The molecule has 0 atom stereocenters. The van der Waals surface area contributed by atoms with Crippen LogP contribution in [0.2, 0.25) is 0 Å². The largest absolute Gasteiger partial charge is 0.494 e. The molecule has 0 bridgehead atoms. The van der Waals surface area contributed by atoms with E-state index in [1.807, 2.05) is 32.0 Å². The molecule has 26 heavy (non-hydrogen) atoms. The molecule has 0 fully saturated rings. The van der Waals surface area contributed by atoms with Gasteiger partial charge in [-0.3, -0.25) is 4.79 Å². The van der Waals surface area contributed by atoms with Gasteiger partial charge in [-0.2, -0.15) is 0 Å². The second-order valence-electron chi connectivity index (χ2n) is 9.25. The number of ketones is 1. The summed E-state index contributed by atoms with van der Waals surface area (Å²) in [7, 11) is 3.98. The quantitative estimate of drug-likeness (QED) is 0.648. The fraction of sp³-hybridized carbons (Fsp3) is 0.609. The lowest BCUT2D eigenvalue weighted by Crippen LogP contribution is -2.23. The Balaban J connectivity index is 3.33. The van der Waals surface area contributed by atoms with Crippen LogP contribution >= 0.6 is 0 Å². The average Bonchev–Trinajstić information content (AvgIpc) is 2.46. The fourth-order valence-corrected chi connectivity index (χ4v) is 2.94.